The fourth-order valence-corrected chi connectivity index (χ4v) is 1.32. The Morgan fingerprint density at radius 2 is 2.36 bits per heavy atom. The van der Waals surface area contributed by atoms with Crippen LogP contribution in [-0.4, -0.2) is 30.3 Å². The summed E-state index contributed by atoms with van der Waals surface area (Å²) in [6.45, 7) is 0. The molecule has 0 bridgehead atoms. The predicted molar refractivity (Wildman–Crippen MR) is 48.9 cm³/mol. The van der Waals surface area contributed by atoms with Gasteiger partial charge in [-0.3, -0.25) is 0 Å². The number of carbonyl (C=O) groups excluding carboxylic acids is 1. The molecule has 1 fully saturated rings. The monoisotopic (exact) mass is 202 g/mol. The molecular formula is C9H15NO4. The lowest BCUT2D eigenvalue weighted by Gasteiger charge is -2.27. The molecule has 0 aromatic rings. The van der Waals surface area contributed by atoms with E-state index in [0.717, 1.165) is 6.42 Å². The molecule has 5 nitrogen and oxygen atoms in total. The number of rotatable bonds is 4. The van der Waals surface area contributed by atoms with E-state index in [0.29, 0.717) is 12.8 Å². The zero-order valence-corrected chi connectivity index (χ0v) is 8.08. The number of carboxylic acids is 1. The summed E-state index contributed by atoms with van der Waals surface area (Å²) in [6.07, 6.45) is 1.70. The van der Waals surface area contributed by atoms with Crippen molar-refractivity contribution in [2.75, 3.05) is 7.11 Å². The molecule has 1 saturated carbocycles. The largest absolute Gasteiger partial charge is 0.480 e. The van der Waals surface area contributed by atoms with E-state index in [1.807, 2.05) is 0 Å². The van der Waals surface area contributed by atoms with Crippen molar-refractivity contribution in [1.82, 2.24) is 5.32 Å². The number of alkyl carbamates (subject to hydrolysis) is 1. The van der Waals surface area contributed by atoms with E-state index in [-0.39, 0.29) is 6.42 Å². The third kappa shape index (κ3) is 2.90. The van der Waals surface area contributed by atoms with Gasteiger partial charge in [0, 0.05) is 1.37 Å². The predicted octanol–water partition coefficient (Wildman–Crippen LogP) is 0.986. The molecule has 0 aromatic carbocycles. The molecule has 80 valence electrons. The Morgan fingerprint density at radius 3 is 2.71 bits per heavy atom. The first-order valence-electron chi connectivity index (χ1n) is 5.04. The third-order valence-corrected chi connectivity index (χ3v) is 2.33. The maximum atomic E-state index is 10.9. The molecule has 0 unspecified atom stereocenters. The average molecular weight is 202 g/mol. The number of hydrogen-bond acceptors (Lipinski definition) is 3. The standard InChI is InChI=1S/C9H15NO4/c1-14-9(13)10-7(8(11)12)5-6-3-2-4-6/h6-7H,2-5H2,1H3,(H,10,13)(H,11,12)/t7-/m0/s1/i6D. The van der Waals surface area contributed by atoms with Crippen LogP contribution in [0.5, 0.6) is 0 Å². The summed E-state index contributed by atoms with van der Waals surface area (Å²) < 4.78 is 12.2. The average Bonchev–Trinajstić information content (AvgIpc) is 2.13. The minimum atomic E-state index is -1.13. The van der Waals surface area contributed by atoms with Gasteiger partial charge in [0.2, 0.25) is 0 Å². The summed E-state index contributed by atoms with van der Waals surface area (Å²) in [7, 11) is 1.17. The van der Waals surface area contributed by atoms with Crippen LogP contribution >= 0.6 is 0 Å². The second kappa shape index (κ2) is 4.83. The molecule has 0 heterocycles. The lowest BCUT2D eigenvalue weighted by atomic mass is 9.81. The van der Waals surface area contributed by atoms with Crippen molar-refractivity contribution < 1.29 is 20.8 Å². The van der Waals surface area contributed by atoms with Crippen molar-refractivity contribution in [2.24, 2.45) is 5.89 Å². The van der Waals surface area contributed by atoms with Crippen molar-refractivity contribution in [3.05, 3.63) is 0 Å². The summed E-state index contributed by atoms with van der Waals surface area (Å²) in [5.74, 6) is -1.82. The van der Waals surface area contributed by atoms with E-state index in [4.69, 9.17) is 6.48 Å². The SMILES string of the molecule is [2H]C1(C[C@H](NC(=O)OC)C(=O)O)CCC1. The Morgan fingerprint density at radius 1 is 1.71 bits per heavy atom. The highest BCUT2D eigenvalue weighted by atomic mass is 16.5. The Labute approximate surface area is 83.8 Å². The van der Waals surface area contributed by atoms with Crippen LogP contribution in [0.15, 0.2) is 0 Å². The first-order valence-corrected chi connectivity index (χ1v) is 4.54. The molecule has 0 radical (unpaired) electrons. The second-order valence-corrected chi connectivity index (χ2v) is 3.33. The molecule has 0 aromatic heterocycles. The van der Waals surface area contributed by atoms with Crippen LogP contribution in [0.3, 0.4) is 0 Å². The highest BCUT2D eigenvalue weighted by molar-refractivity contribution is 5.79. The van der Waals surface area contributed by atoms with Crippen LogP contribution in [0.4, 0.5) is 4.79 Å². The highest BCUT2D eigenvalue weighted by Crippen LogP contribution is 2.30. The fourth-order valence-electron chi connectivity index (χ4n) is 1.32. The summed E-state index contributed by atoms with van der Waals surface area (Å²) in [5, 5.41) is 11.1. The minimum absolute atomic E-state index is 0.136. The summed E-state index contributed by atoms with van der Waals surface area (Å²) in [6, 6.07) is -1.03. The molecule has 1 aliphatic carbocycles. The lowest BCUT2D eigenvalue weighted by Crippen LogP contribution is -2.42. The van der Waals surface area contributed by atoms with Crippen molar-refractivity contribution in [2.45, 2.75) is 31.7 Å². The van der Waals surface area contributed by atoms with Crippen LogP contribution < -0.4 is 5.32 Å². The van der Waals surface area contributed by atoms with Gasteiger partial charge in [-0.15, -0.1) is 0 Å². The quantitative estimate of drug-likeness (QED) is 0.712. The van der Waals surface area contributed by atoms with Crippen molar-refractivity contribution in [1.29, 1.82) is 0 Å². The maximum Gasteiger partial charge on any atom is 0.407 e. The minimum Gasteiger partial charge on any atom is -0.480 e. The third-order valence-electron chi connectivity index (χ3n) is 2.33. The summed E-state index contributed by atoms with van der Waals surface area (Å²) >= 11 is 0. The number of nitrogens with one attached hydrogen (secondary N) is 1. The van der Waals surface area contributed by atoms with Gasteiger partial charge in [0.25, 0.3) is 0 Å². The van der Waals surface area contributed by atoms with Crippen molar-refractivity contribution >= 4 is 12.1 Å². The molecule has 14 heavy (non-hydrogen) atoms. The smallest absolute Gasteiger partial charge is 0.407 e. The van der Waals surface area contributed by atoms with E-state index in [9.17, 15) is 9.59 Å². The van der Waals surface area contributed by atoms with Gasteiger partial charge in [0.1, 0.15) is 6.04 Å². The molecule has 0 saturated heterocycles. The van der Waals surface area contributed by atoms with Crippen LogP contribution in [0.1, 0.15) is 27.1 Å². The first-order chi connectivity index (χ1) is 6.97. The topological polar surface area (TPSA) is 75.6 Å². The van der Waals surface area contributed by atoms with E-state index < -0.39 is 24.0 Å². The molecular weight excluding hydrogens is 186 g/mol. The fraction of sp³-hybridized carbons (Fsp3) is 0.778. The number of ether oxygens (including phenoxy) is 1. The van der Waals surface area contributed by atoms with Gasteiger partial charge in [0.15, 0.2) is 0 Å². The van der Waals surface area contributed by atoms with Crippen LogP contribution in [0, 0.1) is 5.89 Å². The molecule has 0 aliphatic heterocycles. The molecule has 0 spiro atoms. The van der Waals surface area contributed by atoms with E-state index in [2.05, 4.69) is 10.1 Å². The summed E-state index contributed by atoms with van der Waals surface area (Å²) in [5.41, 5.74) is 0. The number of amides is 1. The van der Waals surface area contributed by atoms with Gasteiger partial charge in [-0.1, -0.05) is 19.3 Å². The van der Waals surface area contributed by atoms with Gasteiger partial charge in [0.05, 0.1) is 7.11 Å². The van der Waals surface area contributed by atoms with E-state index in [1.165, 1.54) is 7.11 Å². The first kappa shape index (κ1) is 9.30. The number of carbonyl (C=O) groups is 2. The molecule has 5 heteroatoms. The van der Waals surface area contributed by atoms with Crippen molar-refractivity contribution in [3.8, 4) is 0 Å². The highest BCUT2D eigenvalue weighted by Gasteiger charge is 2.27. The zero-order chi connectivity index (χ0) is 11.5. The molecule has 1 amide bonds. The zero-order valence-electron chi connectivity index (χ0n) is 9.08. The normalized spacial score (nSPS) is 21.4. The van der Waals surface area contributed by atoms with Crippen LogP contribution in [0.25, 0.3) is 0 Å². The number of hydrogen-bond donors (Lipinski definition) is 2. The Kier molecular flexibility index (Phi) is 3.21. The Balaban J connectivity index is 2.50. The van der Waals surface area contributed by atoms with Crippen molar-refractivity contribution in [3.63, 3.8) is 0 Å². The van der Waals surface area contributed by atoms with Gasteiger partial charge in [-0.05, 0) is 12.3 Å². The maximum absolute atomic E-state index is 10.9. The van der Waals surface area contributed by atoms with Crippen LogP contribution in [-0.2, 0) is 9.53 Å². The number of aliphatic carboxylic acids is 1. The molecule has 2 N–H and O–H groups in total. The van der Waals surface area contributed by atoms with Gasteiger partial charge in [-0.25, -0.2) is 9.59 Å². The van der Waals surface area contributed by atoms with Gasteiger partial charge < -0.3 is 15.2 Å². The Hall–Kier alpha value is -1.26. The van der Waals surface area contributed by atoms with Gasteiger partial charge >= 0.3 is 12.1 Å². The molecule has 1 rings (SSSR count). The van der Waals surface area contributed by atoms with Gasteiger partial charge in [-0.2, -0.15) is 0 Å². The van der Waals surface area contributed by atoms with E-state index >= 15 is 0 Å². The van der Waals surface area contributed by atoms with E-state index in [1.54, 1.807) is 0 Å². The molecule has 1 aliphatic rings. The number of carboxylic acid groups (broad SMARTS) is 1. The van der Waals surface area contributed by atoms with Crippen LogP contribution in [0.2, 0.25) is 0 Å². The Bertz CT molecular complexity index is 265. The second-order valence-electron chi connectivity index (χ2n) is 3.33. The molecule has 1 atom stereocenters. The lowest BCUT2D eigenvalue weighted by molar-refractivity contribution is -0.140. The number of methoxy groups -OCH3 is 1. The summed E-state index contributed by atoms with van der Waals surface area (Å²) in [4.78, 5) is 21.7.